The molecule has 0 bridgehead atoms. The summed E-state index contributed by atoms with van der Waals surface area (Å²) in [4.78, 5) is 104. The van der Waals surface area contributed by atoms with Gasteiger partial charge in [0, 0.05) is 53.0 Å². The first-order valence-corrected chi connectivity index (χ1v) is 25.9. The van der Waals surface area contributed by atoms with E-state index in [1.54, 1.807) is 33.2 Å². The number of hydroxylamine groups is 2. The molecule has 2 aliphatic heterocycles. The van der Waals surface area contributed by atoms with Crippen molar-refractivity contribution < 1.29 is 52.6 Å². The lowest BCUT2D eigenvalue weighted by Gasteiger charge is -2.41. The Labute approximate surface area is 428 Å². The molecule has 0 unspecified atom stereocenters. The predicted molar refractivity (Wildman–Crippen MR) is 273 cm³/mol. The van der Waals surface area contributed by atoms with Crippen molar-refractivity contribution in [3.63, 3.8) is 0 Å². The van der Waals surface area contributed by atoms with E-state index in [0.29, 0.717) is 50.6 Å². The second-order valence-corrected chi connectivity index (χ2v) is 20.5. The predicted octanol–water partition coefficient (Wildman–Crippen LogP) is 5.90. The smallest absolute Gasteiger partial charge is 0.333 e. The number of methoxy groups -OCH3 is 2. The van der Waals surface area contributed by atoms with Crippen molar-refractivity contribution in [2.75, 3.05) is 48.0 Å². The molecule has 2 fully saturated rings. The Kier molecular flexibility index (Phi) is 23.8. The first-order chi connectivity index (χ1) is 34.2. The summed E-state index contributed by atoms with van der Waals surface area (Å²) in [5.74, 6) is -4.11. The molecule has 72 heavy (non-hydrogen) atoms. The van der Waals surface area contributed by atoms with Crippen LogP contribution in [0.25, 0.3) is 0 Å². The Morgan fingerprint density at radius 3 is 2.00 bits per heavy atom. The summed E-state index contributed by atoms with van der Waals surface area (Å²) in [6.07, 6.45) is 0.953. The van der Waals surface area contributed by atoms with E-state index in [0.717, 1.165) is 17.5 Å². The zero-order chi connectivity index (χ0) is 53.2. The summed E-state index contributed by atoms with van der Waals surface area (Å²) >= 11 is 0. The molecule has 2 aliphatic rings. The van der Waals surface area contributed by atoms with E-state index >= 15 is 0 Å². The lowest BCUT2D eigenvalue weighted by molar-refractivity contribution is -0.197. The van der Waals surface area contributed by atoms with Gasteiger partial charge in [0.05, 0.1) is 61.9 Å². The van der Waals surface area contributed by atoms with Crippen LogP contribution < -0.4 is 10.6 Å². The second kappa shape index (κ2) is 28.9. The molecule has 0 radical (unpaired) electrons. The fourth-order valence-electron chi connectivity index (χ4n) is 10.2. The molecule has 2 saturated heterocycles. The number of amides is 6. The highest BCUT2D eigenvalue weighted by Crippen LogP contribution is 2.30. The van der Waals surface area contributed by atoms with E-state index in [1.807, 2.05) is 119 Å². The van der Waals surface area contributed by atoms with Crippen LogP contribution in [0.2, 0.25) is 0 Å². The van der Waals surface area contributed by atoms with Crippen LogP contribution in [0.4, 0.5) is 0 Å². The monoisotopic (exact) mass is 1000 g/mol. The maximum atomic E-state index is 14.7. The molecule has 2 N–H and O–H groups in total. The van der Waals surface area contributed by atoms with Gasteiger partial charge in [-0.2, -0.15) is 0 Å². The average Bonchev–Trinajstić information content (AvgIpc) is 3.97. The summed E-state index contributed by atoms with van der Waals surface area (Å²) in [6, 6.07) is 17.1. The zero-order valence-electron chi connectivity index (χ0n) is 45.0. The number of likely N-dealkylation sites (N-methyl/N-ethyl adjacent to an activating group) is 2. The van der Waals surface area contributed by atoms with Gasteiger partial charge in [0.2, 0.25) is 23.6 Å². The van der Waals surface area contributed by atoms with Crippen LogP contribution in [0.3, 0.4) is 0 Å². The molecular weight excluding hydrogens is 921 g/mol. The van der Waals surface area contributed by atoms with Gasteiger partial charge in [0.1, 0.15) is 6.04 Å². The first kappa shape index (κ1) is 59.3. The SMILES string of the molecule is CC[C@H](C)[C@@H]([C@@H](CC(=O)N1CCC[C@H]1[C@H](OC)[C@@H](C)C(=O)N[C@H](COCc1ccccc1)[C@@H](C)c1ccccc1)OC)N(C)C(=O)[C@@H](NC(=O)[C@H](C(C)C)N(C)CCCC(=O)ON1C(=O)CCC1=O)C(C)C. The molecule has 0 spiro atoms. The van der Waals surface area contributed by atoms with Crippen molar-refractivity contribution in [1.82, 2.24) is 30.4 Å². The molecule has 2 aromatic carbocycles. The third-order valence-electron chi connectivity index (χ3n) is 14.6. The first-order valence-electron chi connectivity index (χ1n) is 25.9. The molecule has 400 valence electrons. The van der Waals surface area contributed by atoms with Crippen LogP contribution in [-0.4, -0.2) is 152 Å². The van der Waals surface area contributed by atoms with E-state index in [1.165, 1.54) is 0 Å². The van der Waals surface area contributed by atoms with Gasteiger partial charge in [-0.15, -0.1) is 5.06 Å². The van der Waals surface area contributed by atoms with Crippen LogP contribution in [0, 0.1) is 23.7 Å². The third kappa shape index (κ3) is 16.1. The van der Waals surface area contributed by atoms with Crippen molar-refractivity contribution in [2.24, 2.45) is 23.7 Å². The topological polar surface area (TPSA) is 193 Å². The number of nitrogens with one attached hydrogen (secondary N) is 2. The molecule has 4 rings (SSSR count). The second-order valence-electron chi connectivity index (χ2n) is 20.5. The minimum Gasteiger partial charge on any atom is -0.379 e. The molecule has 2 heterocycles. The molecule has 10 atom stereocenters. The molecule has 6 amide bonds. The Bertz CT molecular complexity index is 2060. The molecule has 0 aromatic heterocycles. The largest absolute Gasteiger partial charge is 0.379 e. The maximum Gasteiger partial charge on any atom is 0.333 e. The number of likely N-dealkylation sites (tertiary alicyclic amines) is 1. The van der Waals surface area contributed by atoms with E-state index in [-0.39, 0.29) is 85.1 Å². The van der Waals surface area contributed by atoms with Gasteiger partial charge >= 0.3 is 5.97 Å². The number of hydrogen-bond donors (Lipinski definition) is 2. The number of hydrogen-bond acceptors (Lipinski definition) is 12. The van der Waals surface area contributed by atoms with Gasteiger partial charge in [-0.05, 0) is 61.7 Å². The minimum atomic E-state index is -0.911. The van der Waals surface area contributed by atoms with Gasteiger partial charge < -0.3 is 39.5 Å². The molecule has 17 nitrogen and oxygen atoms in total. The van der Waals surface area contributed by atoms with Crippen molar-refractivity contribution in [2.45, 2.75) is 162 Å². The Morgan fingerprint density at radius 1 is 0.806 bits per heavy atom. The normalized spacial score (nSPS) is 18.8. The van der Waals surface area contributed by atoms with Gasteiger partial charge in [0.25, 0.3) is 11.8 Å². The number of imide groups is 1. The van der Waals surface area contributed by atoms with E-state index in [4.69, 9.17) is 19.0 Å². The van der Waals surface area contributed by atoms with E-state index < -0.39 is 54.0 Å². The zero-order valence-corrected chi connectivity index (χ0v) is 45.0. The Hall–Kier alpha value is -5.23. The number of carbonyl (C=O) groups is 7. The van der Waals surface area contributed by atoms with Gasteiger partial charge in [0.15, 0.2) is 0 Å². The van der Waals surface area contributed by atoms with Crippen molar-refractivity contribution in [3.8, 4) is 0 Å². The van der Waals surface area contributed by atoms with Crippen LogP contribution in [0.5, 0.6) is 0 Å². The standard InChI is InChI=1S/C55H84N6O11/c1-13-37(6)51(59(10)55(68)49(35(2)3)57-54(67)50(36(4)5)58(9)30-21-27-48(65)72-61-45(62)28-29-46(61)63)44(69-11)32-47(64)60-31-20-26-43(60)52(70-12)39(8)53(66)56-42(38(7)41-24-18-15-19-25-41)34-71-33-40-22-16-14-17-23-40/h14-19,22-25,35-39,42-44,49-52H,13,20-21,26-34H2,1-12H3,(H,56,66)(H,57,67)/t37-,38-,39+,42+,43-,44+,49-,50-,51-,52+/m0/s1. The fourth-order valence-corrected chi connectivity index (χ4v) is 10.2. The summed E-state index contributed by atoms with van der Waals surface area (Å²) in [7, 11) is 6.59. The number of rotatable bonds is 29. The molecule has 0 aliphatic carbocycles. The number of benzene rings is 2. The minimum absolute atomic E-state index is 0.00357. The van der Waals surface area contributed by atoms with E-state index in [9.17, 15) is 33.6 Å². The molecule has 2 aromatic rings. The van der Waals surface area contributed by atoms with Crippen molar-refractivity contribution in [3.05, 3.63) is 71.8 Å². The van der Waals surface area contributed by atoms with Gasteiger partial charge in [-0.25, -0.2) is 4.79 Å². The summed E-state index contributed by atoms with van der Waals surface area (Å²) in [5, 5.41) is 6.85. The highest BCUT2D eigenvalue weighted by molar-refractivity contribution is 6.01. The van der Waals surface area contributed by atoms with Crippen LogP contribution in [0.1, 0.15) is 124 Å². The molecule has 0 saturated carbocycles. The van der Waals surface area contributed by atoms with Crippen LogP contribution >= 0.6 is 0 Å². The lowest BCUT2D eigenvalue weighted by atomic mass is 9.89. The summed E-state index contributed by atoms with van der Waals surface area (Å²) < 4.78 is 18.4. The van der Waals surface area contributed by atoms with Gasteiger partial charge in [-0.3, -0.25) is 33.7 Å². The van der Waals surface area contributed by atoms with Crippen molar-refractivity contribution >= 4 is 41.4 Å². The quantitative estimate of drug-likeness (QED) is 0.0920. The molecular formula is C55H84N6O11. The van der Waals surface area contributed by atoms with Crippen LogP contribution in [0.15, 0.2) is 60.7 Å². The Balaban J connectivity index is 1.44. The molecule has 17 heteroatoms. The lowest BCUT2D eigenvalue weighted by Crippen LogP contribution is -2.60. The number of ether oxygens (including phenoxy) is 3. The summed E-state index contributed by atoms with van der Waals surface area (Å²) in [6.45, 7) is 17.0. The highest BCUT2D eigenvalue weighted by atomic mass is 16.7. The average molecular weight is 1010 g/mol. The third-order valence-corrected chi connectivity index (χ3v) is 14.6. The fraction of sp³-hybridized carbons (Fsp3) is 0.655. The van der Waals surface area contributed by atoms with Crippen molar-refractivity contribution in [1.29, 1.82) is 0 Å². The van der Waals surface area contributed by atoms with E-state index in [2.05, 4.69) is 17.6 Å². The number of nitrogens with zero attached hydrogens (tertiary/aromatic N) is 4. The van der Waals surface area contributed by atoms with Crippen LogP contribution in [-0.2, 0) is 59.2 Å². The highest BCUT2D eigenvalue weighted by Gasteiger charge is 2.44. The summed E-state index contributed by atoms with van der Waals surface area (Å²) in [5.41, 5.74) is 2.11. The van der Waals surface area contributed by atoms with Gasteiger partial charge in [-0.1, -0.05) is 122 Å². The Morgan fingerprint density at radius 2 is 1.43 bits per heavy atom. The number of carbonyl (C=O) groups excluding carboxylic acids is 7. The maximum absolute atomic E-state index is 14.7.